The zero-order valence-electron chi connectivity index (χ0n) is 13.6. The van der Waals surface area contributed by atoms with Crippen LogP contribution in [0.1, 0.15) is 68.3 Å². The normalized spacial score (nSPS) is 26.2. The van der Waals surface area contributed by atoms with Crippen LogP contribution in [0.4, 0.5) is 0 Å². The third-order valence-electron chi connectivity index (χ3n) is 5.45. The molecule has 3 heteroatoms. The molecule has 1 fully saturated rings. The van der Waals surface area contributed by atoms with Crippen LogP contribution in [-0.2, 0) is 10.2 Å². The molecule has 2 amide bonds. The van der Waals surface area contributed by atoms with E-state index in [1.807, 2.05) is 38.1 Å². The van der Waals surface area contributed by atoms with Gasteiger partial charge in [0.2, 0.25) is 5.91 Å². The maximum Gasteiger partial charge on any atom is 0.260 e. The average molecular weight is 299 g/mol. The van der Waals surface area contributed by atoms with Gasteiger partial charge >= 0.3 is 0 Å². The summed E-state index contributed by atoms with van der Waals surface area (Å²) in [5.74, 6) is 0.455. The molecular weight excluding hydrogens is 274 g/mol. The number of rotatable bonds is 3. The van der Waals surface area contributed by atoms with Gasteiger partial charge in [-0.05, 0) is 37.8 Å². The Labute approximate surface area is 132 Å². The lowest BCUT2D eigenvalue weighted by atomic mass is 9.68. The lowest BCUT2D eigenvalue weighted by Gasteiger charge is -2.41. The lowest BCUT2D eigenvalue weighted by Crippen LogP contribution is -2.53. The predicted molar refractivity (Wildman–Crippen MR) is 86.7 cm³/mol. The van der Waals surface area contributed by atoms with Crippen LogP contribution in [0.25, 0.3) is 0 Å². The van der Waals surface area contributed by atoms with Crippen LogP contribution in [0.15, 0.2) is 24.3 Å². The van der Waals surface area contributed by atoms with Crippen LogP contribution < -0.4 is 0 Å². The van der Waals surface area contributed by atoms with E-state index in [1.54, 1.807) is 0 Å². The fourth-order valence-corrected chi connectivity index (χ4v) is 4.25. The molecule has 3 nitrogen and oxygen atoms in total. The molecule has 0 radical (unpaired) electrons. The Bertz CT molecular complexity index is 589. The second-order valence-electron chi connectivity index (χ2n) is 6.94. The Morgan fingerprint density at radius 1 is 1.14 bits per heavy atom. The minimum Gasteiger partial charge on any atom is -0.278 e. The molecule has 1 unspecified atom stereocenters. The van der Waals surface area contributed by atoms with Crippen LogP contribution in [0.5, 0.6) is 0 Å². The minimum absolute atomic E-state index is 0.00993. The van der Waals surface area contributed by atoms with Gasteiger partial charge in [-0.1, -0.05) is 50.3 Å². The van der Waals surface area contributed by atoms with E-state index < -0.39 is 5.41 Å². The number of benzene rings is 1. The van der Waals surface area contributed by atoms with Crippen LogP contribution in [0.3, 0.4) is 0 Å². The van der Waals surface area contributed by atoms with Gasteiger partial charge in [0.15, 0.2) is 0 Å². The molecule has 1 aromatic rings. The van der Waals surface area contributed by atoms with Gasteiger partial charge in [0.05, 0.1) is 5.41 Å². The summed E-state index contributed by atoms with van der Waals surface area (Å²) in [5, 5.41) is 0. The van der Waals surface area contributed by atoms with Gasteiger partial charge in [0.1, 0.15) is 0 Å². The number of amides is 2. The molecule has 1 aliphatic heterocycles. The zero-order chi connectivity index (χ0) is 15.7. The fourth-order valence-electron chi connectivity index (χ4n) is 4.25. The van der Waals surface area contributed by atoms with E-state index in [-0.39, 0.29) is 11.8 Å². The highest BCUT2D eigenvalue weighted by Gasteiger charge is 2.47. The van der Waals surface area contributed by atoms with Crippen molar-refractivity contribution >= 4 is 11.8 Å². The average Bonchev–Trinajstić information content (AvgIpc) is 2.55. The highest BCUT2D eigenvalue weighted by molar-refractivity contribution is 6.13. The van der Waals surface area contributed by atoms with E-state index in [4.69, 9.17) is 0 Å². The molecule has 0 bridgehead atoms. The summed E-state index contributed by atoms with van der Waals surface area (Å²) in [7, 11) is 0. The number of likely N-dealkylation sites (N-methyl/N-ethyl adjacent to an activating group) is 1. The van der Waals surface area contributed by atoms with Crippen molar-refractivity contribution in [3.63, 3.8) is 0 Å². The standard InChI is InChI=1S/C19H25NO2/c1-3-20-17(21)15-11-7-8-12-16(15)19(2,18(20)22)13-14-9-5-4-6-10-14/h7-8,11-12,14H,3-6,9-10,13H2,1-2H3. The molecule has 3 rings (SSSR count). The third kappa shape index (κ3) is 2.37. The third-order valence-corrected chi connectivity index (χ3v) is 5.45. The lowest BCUT2D eigenvalue weighted by molar-refractivity contribution is -0.135. The molecule has 1 heterocycles. The highest BCUT2D eigenvalue weighted by atomic mass is 16.2. The monoisotopic (exact) mass is 299 g/mol. The van der Waals surface area contributed by atoms with Crippen molar-refractivity contribution < 1.29 is 9.59 Å². The first-order chi connectivity index (χ1) is 10.6. The number of nitrogens with zero attached hydrogens (tertiary/aromatic N) is 1. The van der Waals surface area contributed by atoms with E-state index in [0.717, 1.165) is 12.0 Å². The number of imide groups is 1. The summed E-state index contributed by atoms with van der Waals surface area (Å²) in [4.78, 5) is 27.0. The Balaban J connectivity index is 2.01. The number of carbonyl (C=O) groups excluding carboxylic acids is 2. The molecule has 1 aliphatic carbocycles. The molecule has 118 valence electrons. The molecule has 0 saturated heterocycles. The van der Waals surface area contributed by atoms with Crippen LogP contribution in [-0.4, -0.2) is 23.3 Å². The highest BCUT2D eigenvalue weighted by Crippen LogP contribution is 2.42. The van der Waals surface area contributed by atoms with E-state index in [1.165, 1.54) is 37.0 Å². The summed E-state index contributed by atoms with van der Waals surface area (Å²) in [6.07, 6.45) is 7.15. The van der Waals surface area contributed by atoms with Crippen molar-refractivity contribution in [1.82, 2.24) is 4.90 Å². The van der Waals surface area contributed by atoms with Crippen molar-refractivity contribution in [1.29, 1.82) is 0 Å². The Hall–Kier alpha value is -1.64. The van der Waals surface area contributed by atoms with E-state index in [2.05, 4.69) is 0 Å². The Morgan fingerprint density at radius 3 is 2.50 bits per heavy atom. The summed E-state index contributed by atoms with van der Waals surface area (Å²) >= 11 is 0. The van der Waals surface area contributed by atoms with Crippen molar-refractivity contribution in [2.24, 2.45) is 5.92 Å². The summed E-state index contributed by atoms with van der Waals surface area (Å²) in [5.41, 5.74) is 1.09. The number of hydrogen-bond acceptors (Lipinski definition) is 2. The van der Waals surface area contributed by atoms with Crippen LogP contribution in [0.2, 0.25) is 0 Å². The molecule has 0 spiro atoms. The minimum atomic E-state index is -0.553. The molecule has 22 heavy (non-hydrogen) atoms. The first-order valence-electron chi connectivity index (χ1n) is 8.53. The van der Waals surface area contributed by atoms with Crippen molar-refractivity contribution in [3.05, 3.63) is 35.4 Å². The van der Waals surface area contributed by atoms with Gasteiger partial charge in [0.25, 0.3) is 5.91 Å². The van der Waals surface area contributed by atoms with Gasteiger partial charge in [-0.3, -0.25) is 14.5 Å². The SMILES string of the molecule is CCN1C(=O)c2ccccc2C(C)(CC2CCCCC2)C1=O. The van der Waals surface area contributed by atoms with E-state index >= 15 is 0 Å². The maximum absolute atomic E-state index is 13.0. The molecular formula is C19H25NO2. The van der Waals surface area contributed by atoms with Crippen molar-refractivity contribution in [3.8, 4) is 0 Å². The molecule has 2 aliphatic rings. The zero-order valence-corrected chi connectivity index (χ0v) is 13.6. The van der Waals surface area contributed by atoms with Gasteiger partial charge in [-0.25, -0.2) is 0 Å². The van der Waals surface area contributed by atoms with Gasteiger partial charge in [-0.2, -0.15) is 0 Å². The molecule has 1 aromatic carbocycles. The largest absolute Gasteiger partial charge is 0.278 e. The Kier molecular flexibility index (Phi) is 4.07. The summed E-state index contributed by atoms with van der Waals surface area (Å²) in [6, 6.07) is 7.67. The van der Waals surface area contributed by atoms with E-state index in [9.17, 15) is 9.59 Å². The number of fused-ring (bicyclic) bond motifs is 1. The van der Waals surface area contributed by atoms with Gasteiger partial charge in [-0.15, -0.1) is 0 Å². The smallest absolute Gasteiger partial charge is 0.260 e. The quantitative estimate of drug-likeness (QED) is 0.793. The molecule has 1 saturated carbocycles. The topological polar surface area (TPSA) is 37.4 Å². The van der Waals surface area contributed by atoms with E-state index in [0.29, 0.717) is 18.0 Å². The fraction of sp³-hybridized carbons (Fsp3) is 0.579. The first-order valence-corrected chi connectivity index (χ1v) is 8.53. The van der Waals surface area contributed by atoms with Crippen molar-refractivity contribution in [2.75, 3.05) is 6.54 Å². The number of hydrogen-bond donors (Lipinski definition) is 0. The van der Waals surface area contributed by atoms with Crippen molar-refractivity contribution in [2.45, 2.75) is 57.8 Å². The second-order valence-corrected chi connectivity index (χ2v) is 6.94. The number of carbonyl (C=O) groups is 2. The first kappa shape index (κ1) is 15.3. The summed E-state index contributed by atoms with van der Waals surface area (Å²) < 4.78 is 0. The Morgan fingerprint density at radius 2 is 1.82 bits per heavy atom. The second kappa shape index (κ2) is 5.86. The molecule has 0 aromatic heterocycles. The summed E-state index contributed by atoms with van der Waals surface area (Å²) in [6.45, 7) is 4.37. The van der Waals surface area contributed by atoms with Crippen LogP contribution >= 0.6 is 0 Å². The molecule has 0 N–H and O–H groups in total. The predicted octanol–water partition coefficient (Wildman–Crippen LogP) is 3.92. The van der Waals surface area contributed by atoms with Gasteiger partial charge < -0.3 is 0 Å². The van der Waals surface area contributed by atoms with Crippen LogP contribution in [0, 0.1) is 5.92 Å². The van der Waals surface area contributed by atoms with Gasteiger partial charge in [0, 0.05) is 12.1 Å². The molecule has 1 atom stereocenters. The maximum atomic E-state index is 13.0.